The Morgan fingerprint density at radius 2 is 1.69 bits per heavy atom. The Labute approximate surface area is 215 Å². The predicted molar refractivity (Wildman–Crippen MR) is 140 cm³/mol. The van der Waals surface area contributed by atoms with Crippen LogP contribution in [0.15, 0.2) is 48.5 Å². The van der Waals surface area contributed by atoms with Crippen LogP contribution in [0.3, 0.4) is 0 Å². The summed E-state index contributed by atoms with van der Waals surface area (Å²) in [6, 6.07) is 13.4. The van der Waals surface area contributed by atoms with E-state index in [1.807, 2.05) is 16.0 Å². The first kappa shape index (κ1) is 27.7. The average molecular weight is 497 g/mol. The minimum Gasteiger partial charge on any atom is -0.507 e. The van der Waals surface area contributed by atoms with Gasteiger partial charge < -0.3 is 19.6 Å². The van der Waals surface area contributed by atoms with Crippen molar-refractivity contribution in [3.05, 3.63) is 59.7 Å². The zero-order valence-electron chi connectivity index (χ0n) is 22.4. The molecule has 2 aromatic rings. The first-order chi connectivity index (χ1) is 17.0. The van der Waals surface area contributed by atoms with E-state index in [1.54, 1.807) is 37.4 Å². The Kier molecular flexibility index (Phi) is 8.80. The Morgan fingerprint density at radius 1 is 1.06 bits per heavy atom. The predicted octanol–water partition coefficient (Wildman–Crippen LogP) is 5.21. The molecule has 1 N–H and O–H groups in total. The van der Waals surface area contributed by atoms with Crippen LogP contribution in [0.1, 0.15) is 76.2 Å². The van der Waals surface area contributed by atoms with E-state index >= 15 is 0 Å². The van der Waals surface area contributed by atoms with Gasteiger partial charge in [0.25, 0.3) is 5.91 Å². The fraction of sp³-hybridized carbons (Fsp3) is 0.517. The fourth-order valence-electron chi connectivity index (χ4n) is 5.53. The van der Waals surface area contributed by atoms with Crippen LogP contribution >= 0.6 is 0 Å². The Balaban J connectivity index is 1.71. The maximum atomic E-state index is 13.4. The quantitative estimate of drug-likeness (QED) is 0.455. The molecule has 7 heteroatoms. The number of aromatic hydroxyl groups is 1. The number of amides is 1. The second kappa shape index (κ2) is 11.4. The molecule has 1 saturated heterocycles. The lowest BCUT2D eigenvalue weighted by atomic mass is 9.78. The number of benzene rings is 2. The molecule has 3 rings (SSSR count). The van der Waals surface area contributed by atoms with Crippen molar-refractivity contribution in [2.75, 3.05) is 20.3 Å². The monoisotopic (exact) mass is 496 g/mol. The van der Waals surface area contributed by atoms with E-state index in [9.17, 15) is 14.7 Å². The van der Waals surface area contributed by atoms with Crippen LogP contribution in [-0.4, -0.2) is 64.1 Å². The number of phenolic OH excluding ortho intramolecular Hbond substituents is 1. The van der Waals surface area contributed by atoms with Gasteiger partial charge in [-0.15, -0.1) is 0 Å². The number of ketones is 1. The van der Waals surface area contributed by atoms with E-state index in [2.05, 4.69) is 34.6 Å². The molecule has 0 bridgehead atoms. The number of carbonyl (C=O) groups excluding carboxylic acids is 2. The number of piperidine rings is 1. The highest BCUT2D eigenvalue weighted by molar-refractivity contribution is 6.10. The lowest BCUT2D eigenvalue weighted by Crippen LogP contribution is -2.64. The van der Waals surface area contributed by atoms with E-state index in [-0.39, 0.29) is 46.7 Å². The molecule has 0 spiro atoms. The maximum Gasteiger partial charge on any atom is 0.260 e. The number of hydrogen-bond donors (Lipinski definition) is 1. The molecule has 1 fully saturated rings. The molecule has 0 unspecified atom stereocenters. The van der Waals surface area contributed by atoms with Crippen LogP contribution < -0.4 is 4.74 Å². The van der Waals surface area contributed by atoms with Gasteiger partial charge in [-0.2, -0.15) is 5.06 Å². The molecule has 196 valence electrons. The van der Waals surface area contributed by atoms with Crippen LogP contribution in [0.25, 0.3) is 0 Å². The topological polar surface area (TPSA) is 79.3 Å². The Bertz CT molecular complexity index is 1030. The summed E-state index contributed by atoms with van der Waals surface area (Å²) in [5.74, 6) is -0.188. The molecule has 0 aliphatic carbocycles. The van der Waals surface area contributed by atoms with Crippen molar-refractivity contribution in [3.8, 4) is 11.5 Å². The molecule has 2 aromatic carbocycles. The number of hydroxylamine groups is 2. The number of carbonyl (C=O) groups is 2. The molecule has 36 heavy (non-hydrogen) atoms. The Morgan fingerprint density at radius 3 is 2.25 bits per heavy atom. The number of rotatable bonds is 10. The molecule has 1 heterocycles. The zero-order valence-corrected chi connectivity index (χ0v) is 22.4. The van der Waals surface area contributed by atoms with E-state index in [0.29, 0.717) is 17.9 Å². The van der Waals surface area contributed by atoms with Gasteiger partial charge in [-0.1, -0.05) is 43.7 Å². The minimum atomic E-state index is -0.269. The summed E-state index contributed by atoms with van der Waals surface area (Å²) in [4.78, 5) is 33.7. The standard InChI is InChI=1S/C29H40N2O5/c1-7-8-16-30(22-18-28(2,3)31(35-6)29(4,5)19-22)26(33)20-36-23-14-15-24(25(32)17-23)27(34)21-12-10-9-11-13-21/h9-15,17,22,32H,7-8,16,18-20H2,1-6H3. The molecule has 0 atom stereocenters. The summed E-state index contributed by atoms with van der Waals surface area (Å²) in [7, 11) is 1.70. The van der Waals surface area contributed by atoms with E-state index < -0.39 is 0 Å². The number of phenols is 1. The maximum absolute atomic E-state index is 13.4. The fourth-order valence-corrected chi connectivity index (χ4v) is 5.53. The van der Waals surface area contributed by atoms with Crippen molar-refractivity contribution < 1.29 is 24.3 Å². The molecule has 0 radical (unpaired) electrons. The molecule has 1 amide bonds. The van der Waals surface area contributed by atoms with Crippen LogP contribution in [0.4, 0.5) is 0 Å². The molecular formula is C29H40N2O5. The summed E-state index contributed by atoms with van der Waals surface area (Å²) in [5.41, 5.74) is 0.215. The van der Waals surface area contributed by atoms with Gasteiger partial charge >= 0.3 is 0 Å². The summed E-state index contributed by atoms with van der Waals surface area (Å²) < 4.78 is 5.79. The van der Waals surface area contributed by atoms with Crippen molar-refractivity contribution in [3.63, 3.8) is 0 Å². The second-order valence-corrected chi connectivity index (χ2v) is 10.8. The van der Waals surface area contributed by atoms with Crippen molar-refractivity contribution in [1.29, 1.82) is 0 Å². The lowest BCUT2D eigenvalue weighted by Gasteiger charge is -2.55. The third-order valence-electron chi connectivity index (χ3n) is 6.88. The largest absolute Gasteiger partial charge is 0.507 e. The van der Waals surface area contributed by atoms with Crippen molar-refractivity contribution >= 4 is 11.7 Å². The summed E-state index contributed by atoms with van der Waals surface area (Å²) in [6.07, 6.45) is 3.47. The molecule has 1 aliphatic rings. The van der Waals surface area contributed by atoms with Gasteiger partial charge in [-0.25, -0.2) is 0 Å². The third kappa shape index (κ3) is 6.26. The van der Waals surface area contributed by atoms with Crippen molar-refractivity contribution in [2.45, 2.75) is 77.4 Å². The molecular weight excluding hydrogens is 456 g/mol. The molecule has 0 aromatic heterocycles. The van der Waals surface area contributed by atoms with Gasteiger partial charge in [0.2, 0.25) is 0 Å². The average Bonchev–Trinajstić information content (AvgIpc) is 2.82. The van der Waals surface area contributed by atoms with Crippen LogP contribution in [0.2, 0.25) is 0 Å². The second-order valence-electron chi connectivity index (χ2n) is 10.8. The SMILES string of the molecule is CCCCN(C(=O)COc1ccc(C(=O)c2ccccc2)c(O)c1)C1CC(C)(C)N(OC)C(C)(C)C1. The molecule has 1 aliphatic heterocycles. The number of hydrogen-bond acceptors (Lipinski definition) is 6. The van der Waals surface area contributed by atoms with E-state index in [1.165, 1.54) is 12.1 Å². The van der Waals surface area contributed by atoms with Gasteiger partial charge in [0, 0.05) is 35.3 Å². The van der Waals surface area contributed by atoms with Gasteiger partial charge in [0.15, 0.2) is 12.4 Å². The number of ether oxygens (including phenoxy) is 1. The number of nitrogens with zero attached hydrogens (tertiary/aromatic N) is 2. The highest BCUT2D eigenvalue weighted by atomic mass is 16.7. The smallest absolute Gasteiger partial charge is 0.260 e. The van der Waals surface area contributed by atoms with Gasteiger partial charge in [0.1, 0.15) is 11.5 Å². The minimum absolute atomic E-state index is 0.0586. The van der Waals surface area contributed by atoms with Crippen molar-refractivity contribution in [1.82, 2.24) is 9.96 Å². The molecule has 0 saturated carbocycles. The first-order valence-electron chi connectivity index (χ1n) is 12.7. The van der Waals surface area contributed by atoms with Gasteiger partial charge in [-0.05, 0) is 59.1 Å². The van der Waals surface area contributed by atoms with Crippen LogP contribution in [0, 0.1) is 0 Å². The summed E-state index contributed by atoms with van der Waals surface area (Å²) in [6.45, 7) is 11.2. The van der Waals surface area contributed by atoms with E-state index in [4.69, 9.17) is 9.57 Å². The van der Waals surface area contributed by atoms with E-state index in [0.717, 1.165) is 25.7 Å². The first-order valence-corrected chi connectivity index (χ1v) is 12.7. The highest BCUT2D eigenvalue weighted by Gasteiger charge is 2.48. The zero-order chi connectivity index (χ0) is 26.5. The molecule has 7 nitrogen and oxygen atoms in total. The number of unbranched alkanes of at least 4 members (excludes halogenated alkanes) is 1. The van der Waals surface area contributed by atoms with Crippen molar-refractivity contribution in [2.24, 2.45) is 0 Å². The Hall–Kier alpha value is -2.90. The third-order valence-corrected chi connectivity index (χ3v) is 6.88. The van der Waals surface area contributed by atoms with Crippen LogP contribution in [-0.2, 0) is 9.63 Å². The van der Waals surface area contributed by atoms with Gasteiger partial charge in [0.05, 0.1) is 12.7 Å². The van der Waals surface area contributed by atoms with Crippen LogP contribution in [0.5, 0.6) is 11.5 Å². The highest BCUT2D eigenvalue weighted by Crippen LogP contribution is 2.40. The summed E-state index contributed by atoms with van der Waals surface area (Å²) in [5, 5.41) is 12.5. The lowest BCUT2D eigenvalue weighted by molar-refractivity contribution is -0.271. The summed E-state index contributed by atoms with van der Waals surface area (Å²) >= 11 is 0. The normalized spacial score (nSPS) is 17.5. The van der Waals surface area contributed by atoms with Gasteiger partial charge in [-0.3, -0.25) is 9.59 Å².